The molecular formula is C23H21N3O4S2. The van der Waals surface area contributed by atoms with E-state index >= 15 is 0 Å². The van der Waals surface area contributed by atoms with Gasteiger partial charge in [0.15, 0.2) is 9.84 Å². The minimum Gasteiger partial charge on any atom is -0.322 e. The van der Waals surface area contributed by atoms with Crippen LogP contribution in [0.3, 0.4) is 0 Å². The highest BCUT2D eigenvalue weighted by atomic mass is 32.2. The van der Waals surface area contributed by atoms with Crippen LogP contribution in [0, 0.1) is 0 Å². The molecule has 7 nitrogen and oxygen atoms in total. The normalized spacial score (nSPS) is 16.4. The second-order valence-electron chi connectivity index (χ2n) is 7.96. The lowest BCUT2D eigenvalue weighted by Gasteiger charge is -2.26. The molecule has 1 fully saturated rings. The molecule has 0 aliphatic carbocycles. The summed E-state index contributed by atoms with van der Waals surface area (Å²) in [6, 6.07) is 14.7. The monoisotopic (exact) mass is 467 g/mol. The summed E-state index contributed by atoms with van der Waals surface area (Å²) in [5.74, 6) is 0.153. The van der Waals surface area contributed by atoms with Gasteiger partial charge in [-0.25, -0.2) is 8.42 Å². The van der Waals surface area contributed by atoms with Gasteiger partial charge in [0.2, 0.25) is 0 Å². The summed E-state index contributed by atoms with van der Waals surface area (Å²) >= 11 is 1.51. The quantitative estimate of drug-likeness (QED) is 0.480. The zero-order valence-corrected chi connectivity index (χ0v) is 18.8. The van der Waals surface area contributed by atoms with Gasteiger partial charge in [0.25, 0.3) is 11.5 Å². The summed E-state index contributed by atoms with van der Waals surface area (Å²) in [7, 11) is -2.89. The Bertz CT molecular complexity index is 1470. The van der Waals surface area contributed by atoms with Crippen molar-refractivity contribution < 1.29 is 13.2 Å². The summed E-state index contributed by atoms with van der Waals surface area (Å²) in [6.45, 7) is 1.77. The minimum absolute atomic E-state index is 0.159. The number of carbonyl (C=O) groups excluding carboxylic acids is 1. The van der Waals surface area contributed by atoms with E-state index in [1.165, 1.54) is 11.3 Å². The highest BCUT2D eigenvalue weighted by molar-refractivity contribution is 7.91. The topological polar surface area (TPSA) is 99.3 Å². The van der Waals surface area contributed by atoms with Crippen LogP contribution >= 0.6 is 11.3 Å². The van der Waals surface area contributed by atoms with Gasteiger partial charge in [0, 0.05) is 41.0 Å². The molecule has 2 N–H and O–H groups in total. The number of carbonyl (C=O) groups is 1. The van der Waals surface area contributed by atoms with Crippen LogP contribution in [0.5, 0.6) is 0 Å². The predicted molar refractivity (Wildman–Crippen MR) is 128 cm³/mol. The Morgan fingerprint density at radius 3 is 2.53 bits per heavy atom. The summed E-state index contributed by atoms with van der Waals surface area (Å²) in [5.41, 5.74) is 2.67. The maximum atomic E-state index is 12.8. The van der Waals surface area contributed by atoms with Crippen LogP contribution in [0.1, 0.15) is 15.9 Å². The molecule has 1 saturated heterocycles. The zero-order chi connectivity index (χ0) is 22.3. The Labute approximate surface area is 188 Å². The first kappa shape index (κ1) is 20.9. The van der Waals surface area contributed by atoms with E-state index in [1.807, 2.05) is 35.7 Å². The van der Waals surface area contributed by atoms with Gasteiger partial charge >= 0.3 is 0 Å². The number of hydrogen-bond donors (Lipinski definition) is 2. The van der Waals surface area contributed by atoms with Gasteiger partial charge in [0.1, 0.15) is 0 Å². The van der Waals surface area contributed by atoms with Gasteiger partial charge in [-0.2, -0.15) is 0 Å². The van der Waals surface area contributed by atoms with E-state index in [2.05, 4.69) is 15.2 Å². The number of sulfone groups is 1. The maximum Gasteiger partial charge on any atom is 0.257 e. The summed E-state index contributed by atoms with van der Waals surface area (Å²) in [4.78, 5) is 30.0. The van der Waals surface area contributed by atoms with E-state index in [4.69, 9.17) is 0 Å². The molecule has 4 aromatic rings. The van der Waals surface area contributed by atoms with Gasteiger partial charge in [-0.05, 0) is 41.3 Å². The average molecular weight is 468 g/mol. The van der Waals surface area contributed by atoms with Gasteiger partial charge in [0.05, 0.1) is 22.4 Å². The van der Waals surface area contributed by atoms with Crippen molar-refractivity contribution in [2.24, 2.45) is 0 Å². The van der Waals surface area contributed by atoms with Crippen LogP contribution in [-0.2, 0) is 16.4 Å². The molecular weight excluding hydrogens is 446 g/mol. The molecule has 1 amide bonds. The molecule has 1 aliphatic rings. The van der Waals surface area contributed by atoms with E-state index in [0.717, 1.165) is 15.6 Å². The average Bonchev–Trinajstić information content (AvgIpc) is 3.27. The SMILES string of the molecule is O=C(Nc1ccc(CN2CCS(=O)(=O)CC2)cc1)c1ccc2c(c1)[nH]c(=O)c1ccsc12. The highest BCUT2D eigenvalue weighted by Crippen LogP contribution is 2.27. The van der Waals surface area contributed by atoms with E-state index < -0.39 is 9.84 Å². The van der Waals surface area contributed by atoms with Crippen molar-refractivity contribution in [3.05, 3.63) is 75.4 Å². The number of amides is 1. The number of aromatic nitrogens is 1. The van der Waals surface area contributed by atoms with Crippen molar-refractivity contribution in [1.82, 2.24) is 9.88 Å². The van der Waals surface area contributed by atoms with Crippen LogP contribution in [-0.4, -0.2) is 48.8 Å². The standard InChI is InChI=1S/C23H21N3O4S2/c27-22(16-3-6-18-20(13-16)25-23(28)19-7-10-31-21(18)19)24-17-4-1-15(2-5-17)14-26-8-11-32(29,30)12-9-26/h1-7,10,13H,8-9,11-12,14H2,(H,24,27)(H,25,28). The summed E-state index contributed by atoms with van der Waals surface area (Å²) in [6.07, 6.45) is 0. The van der Waals surface area contributed by atoms with Crippen molar-refractivity contribution in [3.63, 3.8) is 0 Å². The molecule has 0 unspecified atom stereocenters. The Morgan fingerprint density at radius 1 is 1.03 bits per heavy atom. The lowest BCUT2D eigenvalue weighted by Crippen LogP contribution is -2.39. The van der Waals surface area contributed by atoms with E-state index in [-0.39, 0.29) is 23.0 Å². The van der Waals surface area contributed by atoms with Crippen molar-refractivity contribution in [2.75, 3.05) is 29.9 Å². The van der Waals surface area contributed by atoms with Crippen molar-refractivity contribution >= 4 is 53.8 Å². The second kappa shape index (κ2) is 8.16. The van der Waals surface area contributed by atoms with Crippen molar-refractivity contribution in [1.29, 1.82) is 0 Å². The predicted octanol–water partition coefficient (Wildman–Crippen LogP) is 3.23. The molecule has 2 aromatic carbocycles. The number of aromatic amines is 1. The summed E-state index contributed by atoms with van der Waals surface area (Å²) < 4.78 is 24.0. The third kappa shape index (κ3) is 4.19. The molecule has 1 aliphatic heterocycles. The molecule has 9 heteroatoms. The van der Waals surface area contributed by atoms with E-state index in [0.29, 0.717) is 41.8 Å². The maximum absolute atomic E-state index is 12.8. The Balaban J connectivity index is 1.29. The van der Waals surface area contributed by atoms with E-state index in [9.17, 15) is 18.0 Å². The largest absolute Gasteiger partial charge is 0.322 e. The molecule has 5 rings (SSSR count). The molecule has 0 saturated carbocycles. The number of benzene rings is 2. The van der Waals surface area contributed by atoms with Crippen LogP contribution in [0.25, 0.3) is 21.0 Å². The smallest absolute Gasteiger partial charge is 0.257 e. The van der Waals surface area contributed by atoms with Crippen LogP contribution in [0.2, 0.25) is 0 Å². The van der Waals surface area contributed by atoms with Gasteiger partial charge in [-0.15, -0.1) is 11.3 Å². The lowest BCUT2D eigenvalue weighted by atomic mass is 10.1. The van der Waals surface area contributed by atoms with Crippen LogP contribution in [0.4, 0.5) is 5.69 Å². The first-order chi connectivity index (χ1) is 15.4. The number of H-pyrrole nitrogens is 1. The third-order valence-corrected chi connectivity index (χ3v) is 8.30. The Morgan fingerprint density at radius 2 is 1.78 bits per heavy atom. The second-order valence-corrected chi connectivity index (χ2v) is 11.2. The molecule has 32 heavy (non-hydrogen) atoms. The number of hydrogen-bond acceptors (Lipinski definition) is 6. The van der Waals surface area contributed by atoms with E-state index in [1.54, 1.807) is 18.2 Å². The minimum atomic E-state index is -2.89. The molecule has 0 spiro atoms. The van der Waals surface area contributed by atoms with Crippen LogP contribution in [0.15, 0.2) is 58.7 Å². The number of nitrogens with zero attached hydrogens (tertiary/aromatic N) is 1. The fourth-order valence-electron chi connectivity index (χ4n) is 3.94. The number of rotatable bonds is 4. The van der Waals surface area contributed by atoms with Gasteiger partial charge in [-0.1, -0.05) is 18.2 Å². The fraction of sp³-hybridized carbons (Fsp3) is 0.217. The number of anilines is 1. The highest BCUT2D eigenvalue weighted by Gasteiger charge is 2.21. The number of fused-ring (bicyclic) bond motifs is 3. The zero-order valence-electron chi connectivity index (χ0n) is 17.1. The number of thiophene rings is 1. The number of pyridine rings is 1. The fourth-order valence-corrected chi connectivity index (χ4v) is 6.15. The van der Waals surface area contributed by atoms with Crippen molar-refractivity contribution in [3.8, 4) is 0 Å². The number of nitrogens with one attached hydrogen (secondary N) is 2. The van der Waals surface area contributed by atoms with Gasteiger partial charge < -0.3 is 10.3 Å². The molecule has 0 radical (unpaired) electrons. The lowest BCUT2D eigenvalue weighted by molar-refractivity contribution is 0.102. The summed E-state index contributed by atoms with van der Waals surface area (Å²) in [5, 5.41) is 6.35. The van der Waals surface area contributed by atoms with Crippen LogP contribution < -0.4 is 10.9 Å². The molecule has 3 heterocycles. The van der Waals surface area contributed by atoms with Crippen molar-refractivity contribution in [2.45, 2.75) is 6.54 Å². The molecule has 2 aromatic heterocycles. The Kier molecular flexibility index (Phi) is 5.32. The third-order valence-electron chi connectivity index (χ3n) is 5.74. The Hall–Kier alpha value is -3.01. The molecule has 0 bridgehead atoms. The molecule has 0 atom stereocenters. The van der Waals surface area contributed by atoms with Gasteiger partial charge in [-0.3, -0.25) is 14.5 Å². The first-order valence-electron chi connectivity index (χ1n) is 10.2. The molecule has 164 valence electrons. The first-order valence-corrected chi connectivity index (χ1v) is 12.9.